The Kier molecular flexibility index (Phi) is 3.16. The normalized spacial score (nSPS) is 10.7. The van der Waals surface area contributed by atoms with Gasteiger partial charge in [0.05, 0.1) is 21.9 Å². The van der Waals surface area contributed by atoms with Gasteiger partial charge in [-0.1, -0.05) is 11.6 Å². The van der Waals surface area contributed by atoms with E-state index in [9.17, 15) is 4.39 Å². The van der Waals surface area contributed by atoms with E-state index in [2.05, 4.69) is 10.3 Å². The molecular weight excluding hydrogens is 277 g/mol. The van der Waals surface area contributed by atoms with Crippen LogP contribution in [0.25, 0.3) is 10.9 Å². The van der Waals surface area contributed by atoms with E-state index in [1.54, 1.807) is 18.3 Å². The van der Waals surface area contributed by atoms with Gasteiger partial charge in [-0.15, -0.1) is 0 Å². The monoisotopic (exact) mass is 287 g/mol. The lowest BCUT2D eigenvalue weighted by molar-refractivity contribution is 0.628. The quantitative estimate of drug-likeness (QED) is 0.689. The minimum absolute atomic E-state index is 0.311. The van der Waals surface area contributed by atoms with Crippen molar-refractivity contribution in [2.24, 2.45) is 0 Å². The van der Waals surface area contributed by atoms with Crippen LogP contribution in [0.15, 0.2) is 48.7 Å². The Labute approximate surface area is 120 Å². The Bertz CT molecular complexity index is 789. The van der Waals surface area contributed by atoms with E-state index in [-0.39, 0.29) is 5.82 Å². The summed E-state index contributed by atoms with van der Waals surface area (Å²) in [6.45, 7) is 0. The number of halogens is 2. The Morgan fingerprint density at radius 1 is 1.10 bits per heavy atom. The zero-order valence-corrected chi connectivity index (χ0v) is 11.2. The van der Waals surface area contributed by atoms with E-state index < -0.39 is 0 Å². The second kappa shape index (κ2) is 4.98. The third kappa shape index (κ3) is 2.26. The van der Waals surface area contributed by atoms with E-state index in [0.717, 1.165) is 16.6 Å². The molecule has 0 aliphatic carbocycles. The highest BCUT2D eigenvalue weighted by molar-refractivity contribution is 6.33. The second-order valence-corrected chi connectivity index (χ2v) is 4.76. The molecule has 0 atom stereocenters. The fourth-order valence-electron chi connectivity index (χ4n) is 2.03. The number of nitrogens with one attached hydrogen (secondary N) is 1. The van der Waals surface area contributed by atoms with Gasteiger partial charge >= 0.3 is 0 Å². The summed E-state index contributed by atoms with van der Waals surface area (Å²) in [6.07, 6.45) is 1.69. The number of hydrogen-bond donors (Lipinski definition) is 2. The third-order valence-corrected chi connectivity index (χ3v) is 3.32. The maximum Gasteiger partial charge on any atom is 0.124 e. The van der Waals surface area contributed by atoms with E-state index >= 15 is 0 Å². The number of nitrogens with two attached hydrogens (primary N) is 1. The van der Waals surface area contributed by atoms with Crippen molar-refractivity contribution < 1.29 is 4.39 Å². The summed E-state index contributed by atoms with van der Waals surface area (Å²) in [5, 5.41) is 4.32. The molecule has 0 bridgehead atoms. The molecule has 3 N–H and O–H groups in total. The lowest BCUT2D eigenvalue weighted by Crippen LogP contribution is -1.96. The minimum Gasteiger partial charge on any atom is -0.398 e. The molecule has 2 aromatic carbocycles. The molecule has 20 heavy (non-hydrogen) atoms. The predicted octanol–water partition coefficient (Wildman–Crippen LogP) is 4.35. The van der Waals surface area contributed by atoms with Crippen LogP contribution in [-0.2, 0) is 0 Å². The Morgan fingerprint density at radius 3 is 2.70 bits per heavy atom. The van der Waals surface area contributed by atoms with Gasteiger partial charge in [-0.3, -0.25) is 4.98 Å². The molecule has 0 radical (unpaired) electrons. The number of aromatic nitrogens is 1. The topological polar surface area (TPSA) is 50.9 Å². The zero-order valence-electron chi connectivity index (χ0n) is 10.4. The van der Waals surface area contributed by atoms with Crippen molar-refractivity contribution in [2.75, 3.05) is 11.1 Å². The summed E-state index contributed by atoms with van der Waals surface area (Å²) in [7, 11) is 0. The van der Waals surface area contributed by atoms with Gasteiger partial charge in [0.2, 0.25) is 0 Å². The molecule has 3 nitrogen and oxygen atoms in total. The van der Waals surface area contributed by atoms with Gasteiger partial charge in [-0.2, -0.15) is 0 Å². The van der Waals surface area contributed by atoms with E-state index in [4.69, 9.17) is 17.3 Å². The molecular formula is C15H11ClFN3. The van der Waals surface area contributed by atoms with Crippen LogP contribution in [0.5, 0.6) is 0 Å². The van der Waals surface area contributed by atoms with Crippen molar-refractivity contribution in [3.05, 3.63) is 59.5 Å². The SMILES string of the molecule is Nc1ccc(Nc2ccc(F)cc2Cl)c2ncccc12. The summed E-state index contributed by atoms with van der Waals surface area (Å²) in [5.74, 6) is -0.374. The molecule has 3 aromatic rings. The van der Waals surface area contributed by atoms with Crippen molar-refractivity contribution in [3.63, 3.8) is 0 Å². The maximum absolute atomic E-state index is 13.1. The molecule has 0 aliphatic heterocycles. The van der Waals surface area contributed by atoms with Crippen LogP contribution in [-0.4, -0.2) is 4.98 Å². The van der Waals surface area contributed by atoms with Gasteiger partial charge in [0, 0.05) is 17.3 Å². The van der Waals surface area contributed by atoms with Crippen LogP contribution in [0, 0.1) is 5.82 Å². The lowest BCUT2D eigenvalue weighted by Gasteiger charge is -2.11. The molecule has 0 spiro atoms. The van der Waals surface area contributed by atoms with Crippen LogP contribution < -0.4 is 11.1 Å². The van der Waals surface area contributed by atoms with Crippen LogP contribution in [0.2, 0.25) is 5.02 Å². The summed E-state index contributed by atoms with van der Waals surface area (Å²) in [4.78, 5) is 4.33. The molecule has 100 valence electrons. The smallest absolute Gasteiger partial charge is 0.124 e. The van der Waals surface area contributed by atoms with Crippen molar-refractivity contribution in [3.8, 4) is 0 Å². The first kappa shape index (κ1) is 12.7. The van der Waals surface area contributed by atoms with Gasteiger partial charge in [0.25, 0.3) is 0 Å². The standard InChI is InChI=1S/C15H11ClFN3/c16-11-8-9(17)3-5-13(11)20-14-6-4-12(18)10-2-1-7-19-15(10)14/h1-8,20H,18H2. The summed E-state index contributed by atoms with van der Waals surface area (Å²) < 4.78 is 13.1. The van der Waals surface area contributed by atoms with Crippen molar-refractivity contribution >= 4 is 39.6 Å². The molecule has 3 rings (SSSR count). The lowest BCUT2D eigenvalue weighted by atomic mass is 10.1. The minimum atomic E-state index is -0.374. The first-order valence-electron chi connectivity index (χ1n) is 6.00. The van der Waals surface area contributed by atoms with Crippen LogP contribution in [0.1, 0.15) is 0 Å². The first-order valence-corrected chi connectivity index (χ1v) is 6.38. The van der Waals surface area contributed by atoms with E-state index in [1.165, 1.54) is 12.1 Å². The van der Waals surface area contributed by atoms with E-state index in [1.807, 2.05) is 18.2 Å². The van der Waals surface area contributed by atoms with E-state index in [0.29, 0.717) is 16.4 Å². The number of pyridine rings is 1. The van der Waals surface area contributed by atoms with Gasteiger partial charge in [0.1, 0.15) is 5.82 Å². The molecule has 1 aromatic heterocycles. The number of hydrogen-bond acceptors (Lipinski definition) is 3. The molecule has 0 saturated carbocycles. The largest absolute Gasteiger partial charge is 0.398 e. The molecule has 0 aliphatic rings. The average molecular weight is 288 g/mol. The fraction of sp³-hybridized carbons (Fsp3) is 0. The van der Waals surface area contributed by atoms with Crippen molar-refractivity contribution in [1.82, 2.24) is 4.98 Å². The summed E-state index contributed by atoms with van der Waals surface area (Å²) >= 11 is 6.01. The zero-order chi connectivity index (χ0) is 14.1. The highest BCUT2D eigenvalue weighted by Crippen LogP contribution is 2.31. The number of fused-ring (bicyclic) bond motifs is 1. The Hall–Kier alpha value is -2.33. The van der Waals surface area contributed by atoms with Crippen molar-refractivity contribution in [1.29, 1.82) is 0 Å². The fourth-order valence-corrected chi connectivity index (χ4v) is 2.25. The molecule has 0 amide bonds. The predicted molar refractivity (Wildman–Crippen MR) is 80.8 cm³/mol. The van der Waals surface area contributed by atoms with Crippen LogP contribution >= 0.6 is 11.6 Å². The molecule has 1 heterocycles. The number of rotatable bonds is 2. The van der Waals surface area contributed by atoms with Crippen LogP contribution in [0.4, 0.5) is 21.5 Å². The number of nitrogen functional groups attached to an aromatic ring is 1. The number of benzene rings is 2. The van der Waals surface area contributed by atoms with Gasteiger partial charge in [-0.05, 0) is 42.5 Å². The van der Waals surface area contributed by atoms with Gasteiger partial charge < -0.3 is 11.1 Å². The van der Waals surface area contributed by atoms with Gasteiger partial charge in [-0.25, -0.2) is 4.39 Å². The number of anilines is 3. The summed E-state index contributed by atoms with van der Waals surface area (Å²) in [5.41, 5.74) is 8.71. The third-order valence-electron chi connectivity index (χ3n) is 3.00. The average Bonchev–Trinajstić information content (AvgIpc) is 2.45. The van der Waals surface area contributed by atoms with Crippen LogP contribution in [0.3, 0.4) is 0 Å². The Morgan fingerprint density at radius 2 is 1.90 bits per heavy atom. The van der Waals surface area contributed by atoms with Crippen molar-refractivity contribution in [2.45, 2.75) is 0 Å². The Balaban J connectivity index is 2.09. The van der Waals surface area contributed by atoms with Gasteiger partial charge in [0.15, 0.2) is 0 Å². The molecule has 5 heteroatoms. The maximum atomic E-state index is 13.1. The highest BCUT2D eigenvalue weighted by atomic mass is 35.5. The molecule has 0 fully saturated rings. The second-order valence-electron chi connectivity index (χ2n) is 4.35. The first-order chi connectivity index (χ1) is 9.65. The molecule has 0 saturated heterocycles. The highest BCUT2D eigenvalue weighted by Gasteiger charge is 2.07. The summed E-state index contributed by atoms with van der Waals surface area (Å²) in [6, 6.07) is 11.5. The molecule has 0 unspecified atom stereocenters. The number of nitrogens with zero attached hydrogens (tertiary/aromatic N) is 1.